The standard InChI is InChI=1S/C22H24F3N5O3/c1-32-16-5-3-15(4-6-16)18-13-19(22(23,24)25)30-20(28-18)17(14-27-30)21(31)26-7-2-8-29-9-11-33-12-10-29/h3-6,13-14H,2,7-12H2,1H3,(H,26,31). The molecular weight excluding hydrogens is 439 g/mol. The fourth-order valence-corrected chi connectivity index (χ4v) is 3.66. The van der Waals surface area contributed by atoms with E-state index in [1.54, 1.807) is 24.3 Å². The number of amides is 1. The number of morpholine rings is 1. The summed E-state index contributed by atoms with van der Waals surface area (Å²) >= 11 is 0. The Kier molecular flexibility index (Phi) is 6.80. The molecule has 1 aliphatic rings. The number of fused-ring (bicyclic) bond motifs is 1. The second kappa shape index (κ2) is 9.75. The van der Waals surface area contributed by atoms with E-state index in [9.17, 15) is 18.0 Å². The Morgan fingerprint density at radius 3 is 2.61 bits per heavy atom. The highest BCUT2D eigenvalue weighted by molar-refractivity contribution is 5.99. The largest absolute Gasteiger partial charge is 0.497 e. The van der Waals surface area contributed by atoms with Crippen LogP contribution in [-0.2, 0) is 10.9 Å². The maximum atomic E-state index is 13.7. The number of hydrogen-bond acceptors (Lipinski definition) is 6. The second-order valence-corrected chi connectivity index (χ2v) is 7.61. The number of nitrogens with zero attached hydrogens (tertiary/aromatic N) is 4. The minimum atomic E-state index is -4.68. The number of rotatable bonds is 7. The molecular formula is C22H24F3N5O3. The minimum absolute atomic E-state index is 0.0118. The molecule has 1 aromatic carbocycles. The summed E-state index contributed by atoms with van der Waals surface area (Å²) in [6, 6.07) is 7.41. The summed E-state index contributed by atoms with van der Waals surface area (Å²) in [5, 5.41) is 6.56. The highest BCUT2D eigenvalue weighted by Gasteiger charge is 2.36. The molecule has 3 aromatic rings. The van der Waals surface area contributed by atoms with E-state index in [1.807, 2.05) is 0 Å². The van der Waals surface area contributed by atoms with Gasteiger partial charge >= 0.3 is 6.18 Å². The lowest BCUT2D eigenvalue weighted by Gasteiger charge is -2.26. The Bertz CT molecular complexity index is 1110. The van der Waals surface area contributed by atoms with Gasteiger partial charge in [0, 0.05) is 25.2 Å². The minimum Gasteiger partial charge on any atom is -0.497 e. The van der Waals surface area contributed by atoms with Gasteiger partial charge in [-0.3, -0.25) is 9.69 Å². The summed E-state index contributed by atoms with van der Waals surface area (Å²) in [6.45, 7) is 4.27. The number of nitrogens with one attached hydrogen (secondary N) is 1. The second-order valence-electron chi connectivity index (χ2n) is 7.61. The van der Waals surface area contributed by atoms with Gasteiger partial charge < -0.3 is 14.8 Å². The molecule has 1 saturated heterocycles. The molecule has 0 bridgehead atoms. The third-order valence-electron chi connectivity index (χ3n) is 5.43. The summed E-state index contributed by atoms with van der Waals surface area (Å²) in [5.74, 6) is 0.0526. The van der Waals surface area contributed by atoms with Crippen molar-refractivity contribution in [2.45, 2.75) is 12.6 Å². The van der Waals surface area contributed by atoms with E-state index < -0.39 is 17.8 Å². The van der Waals surface area contributed by atoms with Crippen LogP contribution in [0.15, 0.2) is 36.5 Å². The highest BCUT2D eigenvalue weighted by Crippen LogP contribution is 2.33. The lowest BCUT2D eigenvalue weighted by atomic mass is 10.1. The zero-order chi connectivity index (χ0) is 23.4. The number of aromatic nitrogens is 3. The Morgan fingerprint density at radius 2 is 1.94 bits per heavy atom. The number of methoxy groups -OCH3 is 1. The lowest BCUT2D eigenvalue weighted by Crippen LogP contribution is -2.38. The number of benzene rings is 1. The van der Waals surface area contributed by atoms with Crippen LogP contribution in [0.2, 0.25) is 0 Å². The first-order chi connectivity index (χ1) is 15.9. The molecule has 0 radical (unpaired) electrons. The van der Waals surface area contributed by atoms with Crippen LogP contribution < -0.4 is 10.1 Å². The molecule has 1 fully saturated rings. The number of halogens is 3. The zero-order valence-electron chi connectivity index (χ0n) is 18.1. The predicted molar refractivity (Wildman–Crippen MR) is 114 cm³/mol. The van der Waals surface area contributed by atoms with Crippen LogP contribution in [-0.4, -0.2) is 71.9 Å². The van der Waals surface area contributed by atoms with Crippen molar-refractivity contribution < 1.29 is 27.4 Å². The molecule has 1 N–H and O–H groups in total. The Balaban J connectivity index is 1.57. The van der Waals surface area contributed by atoms with Gasteiger partial charge in [-0.25, -0.2) is 9.50 Å². The van der Waals surface area contributed by atoms with Gasteiger partial charge in [-0.15, -0.1) is 0 Å². The Hall–Kier alpha value is -3.18. The molecule has 8 nitrogen and oxygen atoms in total. The van der Waals surface area contributed by atoms with Crippen LogP contribution >= 0.6 is 0 Å². The number of carbonyl (C=O) groups excluding carboxylic acids is 1. The monoisotopic (exact) mass is 463 g/mol. The molecule has 1 aliphatic heterocycles. The van der Waals surface area contributed by atoms with Gasteiger partial charge in [0.1, 0.15) is 11.3 Å². The quantitative estimate of drug-likeness (QED) is 0.543. The van der Waals surface area contributed by atoms with Crippen molar-refractivity contribution in [3.05, 3.63) is 47.8 Å². The van der Waals surface area contributed by atoms with Crippen LogP contribution in [0.1, 0.15) is 22.5 Å². The Labute approximate surface area is 188 Å². The maximum Gasteiger partial charge on any atom is 0.433 e. The van der Waals surface area contributed by atoms with Gasteiger partial charge in [0.05, 0.1) is 32.2 Å². The van der Waals surface area contributed by atoms with E-state index in [0.717, 1.165) is 31.9 Å². The maximum absolute atomic E-state index is 13.7. The van der Waals surface area contributed by atoms with Crippen molar-refractivity contribution in [3.63, 3.8) is 0 Å². The zero-order valence-corrected chi connectivity index (χ0v) is 18.1. The topological polar surface area (TPSA) is 81.0 Å². The van der Waals surface area contributed by atoms with Gasteiger partial charge in [-0.1, -0.05) is 0 Å². The van der Waals surface area contributed by atoms with E-state index >= 15 is 0 Å². The fraction of sp³-hybridized carbons (Fsp3) is 0.409. The predicted octanol–water partition coefficient (Wildman–Crippen LogP) is 2.88. The van der Waals surface area contributed by atoms with Crippen molar-refractivity contribution in [2.24, 2.45) is 0 Å². The summed E-state index contributed by atoms with van der Waals surface area (Å²) in [5.41, 5.74) is -0.630. The third kappa shape index (κ3) is 5.25. The molecule has 4 rings (SSSR count). The molecule has 0 saturated carbocycles. The first-order valence-corrected chi connectivity index (χ1v) is 10.6. The first kappa shape index (κ1) is 23.0. The number of alkyl halides is 3. The van der Waals surface area contributed by atoms with Crippen LogP contribution in [0.5, 0.6) is 5.75 Å². The number of carbonyl (C=O) groups is 1. The van der Waals surface area contributed by atoms with E-state index in [0.29, 0.717) is 42.0 Å². The van der Waals surface area contributed by atoms with Crippen LogP contribution in [0.4, 0.5) is 13.2 Å². The average Bonchev–Trinajstić information content (AvgIpc) is 3.25. The molecule has 11 heteroatoms. The van der Waals surface area contributed by atoms with E-state index in [2.05, 4.69) is 20.3 Å². The van der Waals surface area contributed by atoms with Gasteiger partial charge in [0.2, 0.25) is 0 Å². The van der Waals surface area contributed by atoms with Gasteiger partial charge in [-0.2, -0.15) is 18.3 Å². The molecule has 33 heavy (non-hydrogen) atoms. The summed E-state index contributed by atoms with van der Waals surface area (Å²) < 4.78 is 52.3. The molecule has 0 unspecified atom stereocenters. The summed E-state index contributed by atoms with van der Waals surface area (Å²) in [7, 11) is 1.50. The summed E-state index contributed by atoms with van der Waals surface area (Å²) in [6.07, 6.45) is -2.85. The smallest absolute Gasteiger partial charge is 0.433 e. The van der Waals surface area contributed by atoms with E-state index in [4.69, 9.17) is 9.47 Å². The summed E-state index contributed by atoms with van der Waals surface area (Å²) in [4.78, 5) is 19.3. The van der Waals surface area contributed by atoms with Crippen molar-refractivity contribution in [3.8, 4) is 17.0 Å². The van der Waals surface area contributed by atoms with Crippen LogP contribution in [0, 0.1) is 0 Å². The van der Waals surface area contributed by atoms with Gasteiger partial charge in [0.25, 0.3) is 5.91 Å². The molecule has 0 spiro atoms. The molecule has 3 heterocycles. The van der Waals surface area contributed by atoms with Crippen LogP contribution in [0.25, 0.3) is 16.9 Å². The first-order valence-electron chi connectivity index (χ1n) is 10.6. The van der Waals surface area contributed by atoms with E-state index in [-0.39, 0.29) is 16.9 Å². The lowest BCUT2D eigenvalue weighted by molar-refractivity contribution is -0.142. The molecule has 1 amide bonds. The number of ether oxygens (including phenoxy) is 2. The SMILES string of the molecule is COc1ccc(-c2cc(C(F)(F)F)n3ncc(C(=O)NCCCN4CCOCC4)c3n2)cc1. The van der Waals surface area contributed by atoms with E-state index in [1.165, 1.54) is 7.11 Å². The van der Waals surface area contributed by atoms with Crippen molar-refractivity contribution in [1.82, 2.24) is 24.8 Å². The normalized spacial score (nSPS) is 15.0. The van der Waals surface area contributed by atoms with Crippen molar-refractivity contribution >= 4 is 11.6 Å². The molecule has 0 aliphatic carbocycles. The van der Waals surface area contributed by atoms with Gasteiger partial charge in [-0.05, 0) is 43.3 Å². The molecule has 2 aromatic heterocycles. The van der Waals surface area contributed by atoms with Gasteiger partial charge in [0.15, 0.2) is 11.3 Å². The number of hydrogen-bond donors (Lipinski definition) is 1. The third-order valence-corrected chi connectivity index (χ3v) is 5.43. The fourth-order valence-electron chi connectivity index (χ4n) is 3.66. The van der Waals surface area contributed by atoms with Crippen molar-refractivity contribution in [2.75, 3.05) is 46.5 Å². The highest BCUT2D eigenvalue weighted by atomic mass is 19.4. The molecule has 0 atom stereocenters. The van der Waals surface area contributed by atoms with Crippen molar-refractivity contribution in [1.29, 1.82) is 0 Å². The molecule has 176 valence electrons. The Morgan fingerprint density at radius 1 is 1.21 bits per heavy atom. The average molecular weight is 463 g/mol. The van der Waals surface area contributed by atoms with Crippen LogP contribution in [0.3, 0.4) is 0 Å².